The van der Waals surface area contributed by atoms with E-state index in [2.05, 4.69) is 4.99 Å². The fraction of sp³-hybridized carbons (Fsp3) is 0.467. The minimum Gasteiger partial charge on any atom is -0.493 e. The number of hydrogen-bond acceptors (Lipinski definition) is 8. The lowest BCUT2D eigenvalue weighted by Gasteiger charge is -2.13. The number of carbonyl (C=O) groups is 1. The van der Waals surface area contributed by atoms with Gasteiger partial charge in [0, 0.05) is 6.54 Å². The molecule has 0 atom stereocenters. The van der Waals surface area contributed by atoms with Crippen molar-refractivity contribution < 1.29 is 41.3 Å². The van der Waals surface area contributed by atoms with Gasteiger partial charge in [-0.25, -0.2) is 4.79 Å². The van der Waals surface area contributed by atoms with E-state index in [0.717, 1.165) is 6.42 Å². The number of nitrogens with two attached hydrogens (primary N) is 2. The molecule has 0 heterocycles. The predicted octanol–water partition coefficient (Wildman–Crippen LogP) is 0.270. The maximum Gasteiger partial charge on any atom is 0.394 e. The van der Waals surface area contributed by atoms with Crippen LogP contribution in [0.3, 0.4) is 0 Å². The average Bonchev–Trinajstić information content (AvgIpc) is 2.61. The second-order valence-corrected chi connectivity index (χ2v) is 5.91. The van der Waals surface area contributed by atoms with Crippen LogP contribution in [0.5, 0.6) is 17.2 Å². The summed E-state index contributed by atoms with van der Waals surface area (Å²) in [5.74, 6) is 0.799. The van der Waals surface area contributed by atoms with Crippen LogP contribution in [0, 0.1) is 0 Å². The summed E-state index contributed by atoms with van der Waals surface area (Å²) < 4.78 is 52.4. The highest BCUT2D eigenvalue weighted by Gasteiger charge is 2.17. The molecule has 0 aromatic heterocycles. The topological polar surface area (TPSA) is 193 Å². The van der Waals surface area contributed by atoms with Gasteiger partial charge in [0.05, 0.1) is 33.5 Å². The normalized spacial score (nSPS) is 10.2. The third kappa shape index (κ3) is 11.1. The number of ether oxygens (including phenoxy) is 4. The van der Waals surface area contributed by atoms with Gasteiger partial charge in [-0.2, -0.15) is 8.42 Å². The monoisotopic (exact) mass is 423 g/mol. The number of guanidine groups is 1. The molecule has 0 unspecified atom stereocenters. The van der Waals surface area contributed by atoms with Gasteiger partial charge in [-0.1, -0.05) is 0 Å². The average molecular weight is 423 g/mol. The molecule has 0 spiro atoms. The first-order chi connectivity index (χ1) is 13.0. The van der Waals surface area contributed by atoms with E-state index in [9.17, 15) is 4.79 Å². The Hall–Kier alpha value is -2.77. The number of aliphatic imine (C=N–C) groups is 1. The molecule has 0 aliphatic rings. The second kappa shape index (κ2) is 12.6. The number of rotatable bonds is 9. The van der Waals surface area contributed by atoms with Crippen LogP contribution in [0.15, 0.2) is 17.1 Å². The van der Waals surface area contributed by atoms with Crippen LogP contribution in [-0.4, -0.2) is 63.9 Å². The number of esters is 1. The molecule has 12 nitrogen and oxygen atoms in total. The molecule has 6 N–H and O–H groups in total. The van der Waals surface area contributed by atoms with E-state index in [1.54, 1.807) is 12.1 Å². The van der Waals surface area contributed by atoms with Gasteiger partial charge >= 0.3 is 16.4 Å². The molecule has 13 heteroatoms. The molecule has 1 aromatic rings. The van der Waals surface area contributed by atoms with Crippen LogP contribution < -0.4 is 25.7 Å². The van der Waals surface area contributed by atoms with Crippen molar-refractivity contribution >= 4 is 22.3 Å². The Balaban J connectivity index is 0.00000129. The molecule has 1 aromatic carbocycles. The fourth-order valence-corrected chi connectivity index (χ4v) is 1.87. The predicted molar refractivity (Wildman–Crippen MR) is 100 cm³/mol. The van der Waals surface area contributed by atoms with E-state index >= 15 is 0 Å². The van der Waals surface area contributed by atoms with Crippen LogP contribution in [0.25, 0.3) is 0 Å². The van der Waals surface area contributed by atoms with E-state index in [1.165, 1.54) is 21.3 Å². The van der Waals surface area contributed by atoms with Gasteiger partial charge in [0.15, 0.2) is 17.5 Å². The molecule has 0 aliphatic heterocycles. The Morgan fingerprint density at radius 1 is 1.04 bits per heavy atom. The molecule has 0 amide bonds. The van der Waals surface area contributed by atoms with Crippen LogP contribution >= 0.6 is 0 Å². The standard InChI is InChI=1S/C15H23N3O5.H2O4S/c1-20-11-8-10(9-12(21-2)13(11)22-3)14(19)23-7-5-4-6-18-15(16)17;1-5(2,3)4/h8-9H,4-7H2,1-3H3,(H4,16,17,18);(H2,1,2,3,4). The third-order valence-electron chi connectivity index (χ3n) is 2.98. The van der Waals surface area contributed by atoms with Gasteiger partial charge in [-0.05, 0) is 25.0 Å². The van der Waals surface area contributed by atoms with E-state index in [0.29, 0.717) is 35.8 Å². The summed E-state index contributed by atoms with van der Waals surface area (Å²) in [5, 5.41) is 0. The van der Waals surface area contributed by atoms with Crippen molar-refractivity contribution in [2.75, 3.05) is 34.5 Å². The first-order valence-electron chi connectivity index (χ1n) is 7.75. The third-order valence-corrected chi connectivity index (χ3v) is 2.98. The molecule has 28 heavy (non-hydrogen) atoms. The zero-order chi connectivity index (χ0) is 21.7. The Kier molecular flexibility index (Phi) is 11.3. The highest BCUT2D eigenvalue weighted by molar-refractivity contribution is 7.79. The molecule has 0 aliphatic carbocycles. The highest BCUT2D eigenvalue weighted by atomic mass is 32.3. The minimum atomic E-state index is -4.67. The van der Waals surface area contributed by atoms with E-state index in [1.807, 2.05) is 0 Å². The fourth-order valence-electron chi connectivity index (χ4n) is 1.87. The summed E-state index contributed by atoms with van der Waals surface area (Å²) in [5.41, 5.74) is 10.8. The quantitative estimate of drug-likeness (QED) is 0.140. The van der Waals surface area contributed by atoms with Crippen LogP contribution in [-0.2, 0) is 15.1 Å². The Labute approximate surface area is 163 Å². The number of benzene rings is 1. The number of nitrogens with zero attached hydrogens (tertiary/aromatic N) is 1. The molecule has 160 valence electrons. The lowest BCUT2D eigenvalue weighted by Crippen LogP contribution is -2.23. The maximum absolute atomic E-state index is 12.1. The number of hydrogen-bond donors (Lipinski definition) is 4. The summed E-state index contributed by atoms with van der Waals surface area (Å²) >= 11 is 0. The van der Waals surface area contributed by atoms with Gasteiger partial charge in [-0.3, -0.25) is 14.1 Å². The van der Waals surface area contributed by atoms with E-state index in [4.69, 9.17) is 47.9 Å². The van der Waals surface area contributed by atoms with Gasteiger partial charge in [0.25, 0.3) is 0 Å². The summed E-state index contributed by atoms with van der Waals surface area (Å²) in [6, 6.07) is 3.09. The first kappa shape index (κ1) is 25.2. The van der Waals surface area contributed by atoms with Crippen LogP contribution in [0.4, 0.5) is 0 Å². The molecule has 0 saturated heterocycles. The smallest absolute Gasteiger partial charge is 0.394 e. The zero-order valence-corrected chi connectivity index (χ0v) is 16.6. The largest absolute Gasteiger partial charge is 0.493 e. The Morgan fingerprint density at radius 3 is 1.93 bits per heavy atom. The molecule has 0 fully saturated rings. The van der Waals surface area contributed by atoms with Crippen molar-refractivity contribution in [3.63, 3.8) is 0 Å². The molecule has 1 rings (SSSR count). The van der Waals surface area contributed by atoms with Gasteiger partial charge in [0.1, 0.15) is 0 Å². The number of methoxy groups -OCH3 is 3. The molecule has 0 saturated carbocycles. The zero-order valence-electron chi connectivity index (χ0n) is 15.7. The summed E-state index contributed by atoms with van der Waals surface area (Å²) in [4.78, 5) is 15.9. The first-order valence-corrected chi connectivity index (χ1v) is 9.15. The van der Waals surface area contributed by atoms with Crippen molar-refractivity contribution in [2.45, 2.75) is 12.8 Å². The number of unbranched alkanes of at least 4 members (excludes halogenated alkanes) is 1. The SMILES string of the molecule is COc1cc(C(=O)OCCCCN=C(N)N)cc(OC)c1OC.O=S(=O)(O)O. The van der Waals surface area contributed by atoms with Crippen molar-refractivity contribution in [3.05, 3.63) is 17.7 Å². The summed E-state index contributed by atoms with van der Waals surface area (Å²) in [6.45, 7) is 0.777. The van der Waals surface area contributed by atoms with E-state index < -0.39 is 16.4 Å². The van der Waals surface area contributed by atoms with Crippen molar-refractivity contribution in [1.29, 1.82) is 0 Å². The summed E-state index contributed by atoms with van der Waals surface area (Å²) in [6.07, 6.45) is 1.38. The molecular weight excluding hydrogens is 398 g/mol. The van der Waals surface area contributed by atoms with Gasteiger partial charge in [-0.15, -0.1) is 0 Å². The lowest BCUT2D eigenvalue weighted by atomic mass is 10.2. The minimum absolute atomic E-state index is 0.0550. The molecular formula is C15H25N3O9S. The van der Waals surface area contributed by atoms with Crippen LogP contribution in [0.2, 0.25) is 0 Å². The van der Waals surface area contributed by atoms with Gasteiger partial charge in [0.2, 0.25) is 5.75 Å². The Bertz CT molecular complexity index is 729. The lowest BCUT2D eigenvalue weighted by molar-refractivity contribution is 0.0498. The molecule has 0 bridgehead atoms. The molecule has 0 radical (unpaired) electrons. The second-order valence-electron chi connectivity index (χ2n) is 5.01. The van der Waals surface area contributed by atoms with Crippen molar-refractivity contribution in [2.24, 2.45) is 16.5 Å². The van der Waals surface area contributed by atoms with Crippen LogP contribution in [0.1, 0.15) is 23.2 Å². The highest BCUT2D eigenvalue weighted by Crippen LogP contribution is 2.38. The van der Waals surface area contributed by atoms with Crippen molar-refractivity contribution in [1.82, 2.24) is 0 Å². The number of carbonyl (C=O) groups excluding carboxylic acids is 1. The maximum atomic E-state index is 12.1. The van der Waals surface area contributed by atoms with Crippen molar-refractivity contribution in [3.8, 4) is 17.2 Å². The Morgan fingerprint density at radius 2 is 1.54 bits per heavy atom. The van der Waals surface area contributed by atoms with Gasteiger partial charge < -0.3 is 30.4 Å². The summed E-state index contributed by atoms with van der Waals surface area (Å²) in [7, 11) is -0.207. The van der Waals surface area contributed by atoms with E-state index in [-0.39, 0.29) is 12.6 Å².